The number of fused-ring (bicyclic) bond motifs is 1. The second kappa shape index (κ2) is 6.03. The summed E-state index contributed by atoms with van der Waals surface area (Å²) in [6.45, 7) is 2.94. The van der Waals surface area contributed by atoms with Crippen LogP contribution in [0.3, 0.4) is 0 Å². The molecule has 0 amide bonds. The zero-order valence-electron chi connectivity index (χ0n) is 13.0. The molecule has 4 rings (SSSR count). The van der Waals surface area contributed by atoms with Gasteiger partial charge < -0.3 is 14.8 Å². The maximum absolute atomic E-state index is 4.66. The second-order valence-electron chi connectivity index (χ2n) is 6.47. The highest BCUT2D eigenvalue weighted by Crippen LogP contribution is 2.30. The van der Waals surface area contributed by atoms with E-state index >= 15 is 0 Å². The molecular formula is C18H24N4. The Morgan fingerprint density at radius 1 is 1.14 bits per heavy atom. The lowest BCUT2D eigenvalue weighted by Gasteiger charge is -2.31. The van der Waals surface area contributed by atoms with E-state index in [1.165, 1.54) is 49.2 Å². The van der Waals surface area contributed by atoms with Crippen LogP contribution in [0.2, 0.25) is 0 Å². The number of para-hydroxylation sites is 2. The number of aromatic nitrogens is 2. The normalized spacial score (nSPS) is 18.8. The molecule has 1 N–H and O–H groups in total. The minimum absolute atomic E-state index is 0.672. The molecule has 0 atom stereocenters. The van der Waals surface area contributed by atoms with Crippen molar-refractivity contribution >= 4 is 11.4 Å². The lowest BCUT2D eigenvalue weighted by atomic mass is 9.95. The van der Waals surface area contributed by atoms with Gasteiger partial charge in [-0.2, -0.15) is 0 Å². The number of rotatable bonds is 3. The van der Waals surface area contributed by atoms with E-state index in [4.69, 9.17) is 0 Å². The van der Waals surface area contributed by atoms with Crippen molar-refractivity contribution in [1.82, 2.24) is 9.55 Å². The van der Waals surface area contributed by atoms with E-state index in [0.717, 1.165) is 19.6 Å². The molecule has 2 aromatic rings. The van der Waals surface area contributed by atoms with Crippen LogP contribution >= 0.6 is 0 Å². The number of imidazole rings is 1. The summed E-state index contributed by atoms with van der Waals surface area (Å²) < 4.78 is 2.35. The Balaban J connectivity index is 1.49. The molecule has 0 spiro atoms. The third-order valence-corrected chi connectivity index (χ3v) is 4.95. The van der Waals surface area contributed by atoms with Crippen molar-refractivity contribution in [2.45, 2.75) is 44.7 Å². The third kappa shape index (κ3) is 2.70. The molecule has 2 aliphatic rings. The zero-order chi connectivity index (χ0) is 14.8. The highest BCUT2D eigenvalue weighted by molar-refractivity contribution is 5.71. The molecule has 1 fully saturated rings. The number of nitrogens with zero attached hydrogens (tertiary/aromatic N) is 3. The first-order valence-corrected chi connectivity index (χ1v) is 8.50. The van der Waals surface area contributed by atoms with Crippen molar-refractivity contribution < 1.29 is 0 Å². The van der Waals surface area contributed by atoms with Crippen molar-refractivity contribution in [1.29, 1.82) is 0 Å². The van der Waals surface area contributed by atoms with E-state index in [9.17, 15) is 0 Å². The Labute approximate surface area is 132 Å². The summed E-state index contributed by atoms with van der Waals surface area (Å²) in [6.07, 6.45) is 11.1. The van der Waals surface area contributed by atoms with Crippen LogP contribution < -0.4 is 10.2 Å². The molecule has 1 aromatic carbocycles. The van der Waals surface area contributed by atoms with Gasteiger partial charge in [-0.15, -0.1) is 0 Å². The van der Waals surface area contributed by atoms with Crippen LogP contribution in [0.5, 0.6) is 0 Å². The molecule has 4 nitrogen and oxygen atoms in total. The van der Waals surface area contributed by atoms with Gasteiger partial charge in [-0.05, 0) is 25.0 Å². The fourth-order valence-electron chi connectivity index (χ4n) is 3.74. The van der Waals surface area contributed by atoms with E-state index < -0.39 is 0 Å². The van der Waals surface area contributed by atoms with E-state index in [-0.39, 0.29) is 0 Å². The lowest BCUT2D eigenvalue weighted by Crippen LogP contribution is -2.33. The number of anilines is 2. The standard InChI is InChI=1S/C18H24N4/c1-2-6-16(7-3-1)22-13-15(20-14-22)12-21-11-10-19-17-8-4-5-9-18(17)21/h4-5,8-9,13-14,16,19H,1-3,6-7,10-12H2. The first-order chi connectivity index (χ1) is 10.9. The van der Waals surface area contributed by atoms with Crippen LogP contribution in [0.1, 0.15) is 43.8 Å². The van der Waals surface area contributed by atoms with E-state index in [1.807, 2.05) is 6.33 Å². The van der Waals surface area contributed by atoms with Gasteiger partial charge in [-0.1, -0.05) is 31.4 Å². The molecule has 0 saturated heterocycles. The average molecular weight is 296 g/mol. The van der Waals surface area contributed by atoms with Crippen molar-refractivity contribution in [2.24, 2.45) is 0 Å². The largest absolute Gasteiger partial charge is 0.382 e. The van der Waals surface area contributed by atoms with Gasteiger partial charge in [0.1, 0.15) is 0 Å². The zero-order valence-corrected chi connectivity index (χ0v) is 13.0. The van der Waals surface area contributed by atoms with Gasteiger partial charge in [0.15, 0.2) is 0 Å². The van der Waals surface area contributed by atoms with Crippen molar-refractivity contribution in [3.05, 3.63) is 42.5 Å². The average Bonchev–Trinajstić information content (AvgIpc) is 3.05. The van der Waals surface area contributed by atoms with E-state index in [0.29, 0.717) is 6.04 Å². The molecule has 0 unspecified atom stereocenters. The van der Waals surface area contributed by atoms with Gasteiger partial charge in [0, 0.05) is 25.3 Å². The molecule has 1 aliphatic carbocycles. The lowest BCUT2D eigenvalue weighted by molar-refractivity contribution is 0.353. The van der Waals surface area contributed by atoms with Crippen molar-refractivity contribution in [3.63, 3.8) is 0 Å². The molecule has 116 valence electrons. The molecule has 4 heteroatoms. The Kier molecular flexibility index (Phi) is 3.75. The van der Waals surface area contributed by atoms with Gasteiger partial charge in [-0.25, -0.2) is 4.98 Å². The summed E-state index contributed by atoms with van der Waals surface area (Å²) in [6, 6.07) is 9.22. The molecular weight excluding hydrogens is 272 g/mol. The van der Waals surface area contributed by atoms with Crippen molar-refractivity contribution in [3.8, 4) is 0 Å². The van der Waals surface area contributed by atoms with Gasteiger partial charge in [-0.3, -0.25) is 0 Å². The van der Waals surface area contributed by atoms with E-state index in [2.05, 4.69) is 50.2 Å². The predicted molar refractivity (Wildman–Crippen MR) is 90.3 cm³/mol. The summed E-state index contributed by atoms with van der Waals surface area (Å²) in [7, 11) is 0. The van der Waals surface area contributed by atoms with Crippen LogP contribution in [0.15, 0.2) is 36.8 Å². The minimum atomic E-state index is 0.672. The topological polar surface area (TPSA) is 33.1 Å². The summed E-state index contributed by atoms with van der Waals surface area (Å²) >= 11 is 0. The van der Waals surface area contributed by atoms with Crippen LogP contribution in [0.4, 0.5) is 11.4 Å². The van der Waals surface area contributed by atoms with Gasteiger partial charge in [0.05, 0.1) is 29.9 Å². The first-order valence-electron chi connectivity index (χ1n) is 8.50. The maximum atomic E-state index is 4.66. The highest BCUT2D eigenvalue weighted by atomic mass is 15.2. The Morgan fingerprint density at radius 3 is 2.91 bits per heavy atom. The summed E-state index contributed by atoms with van der Waals surface area (Å²) in [5, 5.41) is 3.47. The van der Waals surface area contributed by atoms with Crippen molar-refractivity contribution in [2.75, 3.05) is 23.3 Å². The molecule has 1 saturated carbocycles. The second-order valence-corrected chi connectivity index (χ2v) is 6.47. The first kappa shape index (κ1) is 13.7. The van der Waals surface area contributed by atoms with Crippen LogP contribution in [0.25, 0.3) is 0 Å². The fraction of sp³-hybridized carbons (Fsp3) is 0.500. The molecule has 1 aliphatic heterocycles. The SMILES string of the molecule is c1ccc2c(c1)NCCN2Cc1cn(C2CCCCC2)cn1. The van der Waals surface area contributed by atoms with E-state index in [1.54, 1.807) is 0 Å². The predicted octanol–water partition coefficient (Wildman–Crippen LogP) is 3.82. The molecule has 2 heterocycles. The molecule has 22 heavy (non-hydrogen) atoms. The molecule has 1 aromatic heterocycles. The summed E-state index contributed by atoms with van der Waals surface area (Å²) in [5.74, 6) is 0. The minimum Gasteiger partial charge on any atom is -0.382 e. The Morgan fingerprint density at radius 2 is 2.00 bits per heavy atom. The molecule has 0 radical (unpaired) electrons. The number of benzene rings is 1. The third-order valence-electron chi connectivity index (χ3n) is 4.95. The highest BCUT2D eigenvalue weighted by Gasteiger charge is 2.19. The summed E-state index contributed by atoms with van der Waals surface area (Å²) in [4.78, 5) is 7.09. The fourth-order valence-corrected chi connectivity index (χ4v) is 3.74. The van der Waals surface area contributed by atoms with Gasteiger partial charge in [0.2, 0.25) is 0 Å². The quantitative estimate of drug-likeness (QED) is 0.934. The number of hydrogen-bond acceptors (Lipinski definition) is 3. The van der Waals surface area contributed by atoms with Crippen LogP contribution in [0, 0.1) is 0 Å². The Bertz CT molecular complexity index is 628. The smallest absolute Gasteiger partial charge is 0.0952 e. The maximum Gasteiger partial charge on any atom is 0.0952 e. The van der Waals surface area contributed by atoms with Gasteiger partial charge >= 0.3 is 0 Å². The number of nitrogens with one attached hydrogen (secondary N) is 1. The van der Waals surface area contributed by atoms with Crippen LogP contribution in [-0.4, -0.2) is 22.6 Å². The Hall–Kier alpha value is -1.97. The summed E-state index contributed by atoms with van der Waals surface area (Å²) in [5.41, 5.74) is 3.71. The molecule has 0 bridgehead atoms. The monoisotopic (exact) mass is 296 g/mol. The van der Waals surface area contributed by atoms with Crippen LogP contribution in [-0.2, 0) is 6.54 Å². The van der Waals surface area contributed by atoms with Gasteiger partial charge in [0.25, 0.3) is 0 Å². The number of hydrogen-bond donors (Lipinski definition) is 1.